The highest BCUT2D eigenvalue weighted by Crippen LogP contribution is 2.19. The van der Waals surface area contributed by atoms with Crippen LogP contribution in [0.3, 0.4) is 0 Å². The SMILES string of the molecule is CC(C)(C)OC(=O)NCC#CCn1ccc2ncnc(Cl)c21. The van der Waals surface area contributed by atoms with Crippen molar-refractivity contribution in [1.29, 1.82) is 0 Å². The summed E-state index contributed by atoms with van der Waals surface area (Å²) in [5.74, 6) is 5.81. The fourth-order valence-corrected chi connectivity index (χ4v) is 2.01. The molecule has 0 radical (unpaired) electrons. The van der Waals surface area contributed by atoms with Crippen LogP contribution < -0.4 is 5.32 Å². The molecule has 0 saturated carbocycles. The fourth-order valence-electron chi connectivity index (χ4n) is 1.76. The number of fused-ring (bicyclic) bond motifs is 1. The van der Waals surface area contributed by atoms with Gasteiger partial charge in [0.05, 0.1) is 18.6 Å². The maximum Gasteiger partial charge on any atom is 0.408 e. The van der Waals surface area contributed by atoms with Crippen molar-refractivity contribution in [2.45, 2.75) is 32.9 Å². The molecule has 116 valence electrons. The molecule has 2 aromatic heterocycles. The highest BCUT2D eigenvalue weighted by Gasteiger charge is 2.15. The van der Waals surface area contributed by atoms with Crippen LogP contribution in [0.2, 0.25) is 5.15 Å². The summed E-state index contributed by atoms with van der Waals surface area (Å²) in [5.41, 5.74) is 1.01. The van der Waals surface area contributed by atoms with Crippen LogP contribution in [0.15, 0.2) is 18.6 Å². The molecule has 2 heterocycles. The molecule has 7 heteroatoms. The van der Waals surface area contributed by atoms with Crippen molar-refractivity contribution in [3.8, 4) is 11.8 Å². The van der Waals surface area contributed by atoms with Crippen molar-refractivity contribution in [1.82, 2.24) is 19.9 Å². The lowest BCUT2D eigenvalue weighted by atomic mass is 10.2. The van der Waals surface area contributed by atoms with E-state index in [1.807, 2.05) is 16.8 Å². The van der Waals surface area contributed by atoms with Crippen molar-refractivity contribution in [2.24, 2.45) is 0 Å². The van der Waals surface area contributed by atoms with E-state index in [-0.39, 0.29) is 6.54 Å². The molecule has 0 fully saturated rings. The smallest absolute Gasteiger partial charge is 0.408 e. The van der Waals surface area contributed by atoms with Gasteiger partial charge in [0.15, 0.2) is 5.15 Å². The van der Waals surface area contributed by atoms with Gasteiger partial charge < -0.3 is 14.6 Å². The third kappa shape index (κ3) is 4.37. The van der Waals surface area contributed by atoms with E-state index in [1.165, 1.54) is 6.33 Å². The van der Waals surface area contributed by atoms with Gasteiger partial charge in [-0.15, -0.1) is 0 Å². The van der Waals surface area contributed by atoms with E-state index in [0.29, 0.717) is 11.7 Å². The highest BCUT2D eigenvalue weighted by atomic mass is 35.5. The largest absolute Gasteiger partial charge is 0.444 e. The second-order valence-corrected chi connectivity index (χ2v) is 5.91. The van der Waals surface area contributed by atoms with Crippen molar-refractivity contribution >= 4 is 28.7 Å². The Morgan fingerprint density at radius 1 is 1.41 bits per heavy atom. The zero-order valence-corrected chi connectivity index (χ0v) is 13.4. The Balaban J connectivity index is 1.90. The van der Waals surface area contributed by atoms with Gasteiger partial charge in [-0.1, -0.05) is 23.4 Å². The molecule has 0 aromatic carbocycles. The zero-order valence-electron chi connectivity index (χ0n) is 12.7. The van der Waals surface area contributed by atoms with Crippen LogP contribution in [0.1, 0.15) is 20.8 Å². The number of nitrogens with zero attached hydrogens (tertiary/aromatic N) is 3. The number of hydrogen-bond acceptors (Lipinski definition) is 4. The fraction of sp³-hybridized carbons (Fsp3) is 0.400. The Labute approximate surface area is 133 Å². The monoisotopic (exact) mass is 320 g/mol. The van der Waals surface area contributed by atoms with E-state index in [2.05, 4.69) is 27.1 Å². The summed E-state index contributed by atoms with van der Waals surface area (Å²) in [4.78, 5) is 19.5. The van der Waals surface area contributed by atoms with Crippen LogP contribution in [-0.2, 0) is 11.3 Å². The number of amides is 1. The molecule has 1 amide bonds. The average Bonchev–Trinajstić information content (AvgIpc) is 2.81. The molecule has 0 atom stereocenters. The van der Waals surface area contributed by atoms with Gasteiger partial charge in [-0.2, -0.15) is 0 Å². The molecule has 2 rings (SSSR count). The number of nitrogens with one attached hydrogen (secondary N) is 1. The molecule has 1 N–H and O–H groups in total. The lowest BCUT2D eigenvalue weighted by molar-refractivity contribution is 0.0535. The predicted octanol–water partition coefficient (Wildman–Crippen LogP) is 2.61. The lowest BCUT2D eigenvalue weighted by Gasteiger charge is -2.19. The molecular weight excluding hydrogens is 304 g/mol. The molecule has 22 heavy (non-hydrogen) atoms. The first-order valence-corrected chi connectivity index (χ1v) is 7.12. The highest BCUT2D eigenvalue weighted by molar-refractivity contribution is 6.33. The molecule has 0 bridgehead atoms. The van der Waals surface area contributed by atoms with Crippen LogP contribution in [-0.4, -0.2) is 32.8 Å². The maximum atomic E-state index is 11.4. The third-order valence-electron chi connectivity index (χ3n) is 2.60. The van der Waals surface area contributed by atoms with E-state index in [9.17, 15) is 4.79 Å². The average molecular weight is 321 g/mol. The van der Waals surface area contributed by atoms with E-state index in [4.69, 9.17) is 16.3 Å². The minimum absolute atomic E-state index is 0.221. The Hall–Kier alpha value is -2.26. The Bertz CT molecular complexity index is 737. The van der Waals surface area contributed by atoms with Crippen molar-refractivity contribution < 1.29 is 9.53 Å². The van der Waals surface area contributed by atoms with Crippen molar-refractivity contribution in [2.75, 3.05) is 6.54 Å². The van der Waals surface area contributed by atoms with E-state index >= 15 is 0 Å². The topological polar surface area (TPSA) is 69.0 Å². The standard InChI is InChI=1S/C15H17ClN4O2/c1-15(2,3)22-14(21)17-7-4-5-8-20-9-6-11-12(20)13(16)19-10-18-11/h6,9-10H,7-8H2,1-3H3,(H,17,21). The summed E-state index contributed by atoms with van der Waals surface area (Å²) >= 11 is 6.05. The predicted molar refractivity (Wildman–Crippen MR) is 84.6 cm³/mol. The summed E-state index contributed by atoms with van der Waals surface area (Å²) in [5, 5.41) is 2.97. The number of carbonyl (C=O) groups excluding carboxylic acids is 1. The quantitative estimate of drug-likeness (QED) is 0.682. The second-order valence-electron chi connectivity index (χ2n) is 5.55. The van der Waals surface area contributed by atoms with Gasteiger partial charge in [-0.3, -0.25) is 0 Å². The van der Waals surface area contributed by atoms with Gasteiger partial charge in [-0.25, -0.2) is 14.8 Å². The number of carbonyl (C=O) groups is 1. The van der Waals surface area contributed by atoms with Gasteiger partial charge in [0.25, 0.3) is 0 Å². The summed E-state index contributed by atoms with van der Waals surface area (Å²) < 4.78 is 6.97. The Morgan fingerprint density at radius 2 is 2.18 bits per heavy atom. The molecule has 0 spiro atoms. The Kier molecular flexibility index (Phi) is 4.88. The number of rotatable bonds is 2. The lowest BCUT2D eigenvalue weighted by Crippen LogP contribution is -2.32. The second kappa shape index (κ2) is 6.67. The molecule has 0 unspecified atom stereocenters. The zero-order chi connectivity index (χ0) is 16.2. The molecule has 0 aliphatic rings. The summed E-state index contributed by atoms with van der Waals surface area (Å²) in [6.07, 6.45) is 2.79. The van der Waals surface area contributed by atoms with Crippen LogP contribution in [0.25, 0.3) is 11.0 Å². The summed E-state index contributed by atoms with van der Waals surface area (Å²) in [7, 11) is 0. The maximum absolute atomic E-state index is 11.4. The van der Waals surface area contributed by atoms with E-state index in [1.54, 1.807) is 20.8 Å². The number of ether oxygens (including phenoxy) is 1. The van der Waals surface area contributed by atoms with Crippen molar-refractivity contribution in [3.63, 3.8) is 0 Å². The van der Waals surface area contributed by atoms with Crippen LogP contribution in [0.4, 0.5) is 4.79 Å². The molecular formula is C15H17ClN4O2. The van der Waals surface area contributed by atoms with Crippen molar-refractivity contribution in [3.05, 3.63) is 23.7 Å². The molecule has 0 aliphatic carbocycles. The van der Waals surface area contributed by atoms with Gasteiger partial charge in [0.1, 0.15) is 17.4 Å². The van der Waals surface area contributed by atoms with E-state index in [0.717, 1.165) is 11.0 Å². The number of alkyl carbamates (subject to hydrolysis) is 1. The Morgan fingerprint density at radius 3 is 2.91 bits per heavy atom. The first-order chi connectivity index (χ1) is 10.4. The van der Waals surface area contributed by atoms with Crippen LogP contribution >= 0.6 is 11.6 Å². The van der Waals surface area contributed by atoms with Gasteiger partial charge in [0.2, 0.25) is 0 Å². The number of halogens is 1. The minimum atomic E-state index is -0.516. The molecule has 0 saturated heterocycles. The molecule has 2 aromatic rings. The number of hydrogen-bond donors (Lipinski definition) is 1. The summed E-state index contributed by atoms with van der Waals surface area (Å²) in [6, 6.07) is 1.85. The van der Waals surface area contributed by atoms with Crippen LogP contribution in [0.5, 0.6) is 0 Å². The summed E-state index contributed by atoms with van der Waals surface area (Å²) in [6.45, 7) is 6.08. The van der Waals surface area contributed by atoms with Crippen LogP contribution in [0, 0.1) is 11.8 Å². The first-order valence-electron chi connectivity index (χ1n) is 6.75. The normalized spacial score (nSPS) is 10.9. The third-order valence-corrected chi connectivity index (χ3v) is 2.88. The van der Waals surface area contributed by atoms with E-state index < -0.39 is 11.7 Å². The van der Waals surface area contributed by atoms with Gasteiger partial charge >= 0.3 is 6.09 Å². The molecule has 0 aliphatic heterocycles. The molecule has 6 nitrogen and oxygen atoms in total. The minimum Gasteiger partial charge on any atom is -0.444 e. The van der Waals surface area contributed by atoms with Gasteiger partial charge in [0, 0.05) is 6.20 Å². The first kappa shape index (κ1) is 16.1. The number of aromatic nitrogens is 3. The van der Waals surface area contributed by atoms with Gasteiger partial charge in [-0.05, 0) is 26.8 Å².